The molecule has 7 heteroatoms. The minimum absolute atomic E-state index is 0.0341. The zero-order chi connectivity index (χ0) is 15.6. The van der Waals surface area contributed by atoms with Gasteiger partial charge in [-0.2, -0.15) is 0 Å². The van der Waals surface area contributed by atoms with Crippen LogP contribution in [0.25, 0.3) is 0 Å². The van der Waals surface area contributed by atoms with Crippen LogP contribution in [0.3, 0.4) is 0 Å². The summed E-state index contributed by atoms with van der Waals surface area (Å²) in [5, 5.41) is 2.93. The smallest absolute Gasteiger partial charge is 0.410 e. The van der Waals surface area contributed by atoms with Gasteiger partial charge in [0.05, 0.1) is 12.6 Å². The summed E-state index contributed by atoms with van der Waals surface area (Å²) in [5.41, 5.74) is 0.955. The molecule has 2 atom stereocenters. The van der Waals surface area contributed by atoms with Crippen LogP contribution in [0.1, 0.15) is 12.0 Å². The van der Waals surface area contributed by atoms with Crippen LogP contribution in [0.15, 0.2) is 30.3 Å². The molecule has 0 unspecified atom stereocenters. The first-order valence-electron chi connectivity index (χ1n) is 7.15. The summed E-state index contributed by atoms with van der Waals surface area (Å²) in [7, 11) is 0. The number of likely N-dealkylation sites (tertiary alicyclic amines) is 1. The number of benzene rings is 1. The van der Waals surface area contributed by atoms with Crippen LogP contribution >= 0.6 is 22.6 Å². The van der Waals surface area contributed by atoms with E-state index in [2.05, 4.69) is 27.9 Å². The van der Waals surface area contributed by atoms with Gasteiger partial charge >= 0.3 is 6.09 Å². The van der Waals surface area contributed by atoms with Gasteiger partial charge in [-0.1, -0.05) is 30.3 Å². The molecule has 6 nitrogen and oxygen atoms in total. The summed E-state index contributed by atoms with van der Waals surface area (Å²) < 4.78 is 10.4. The van der Waals surface area contributed by atoms with Crippen molar-refractivity contribution in [3.05, 3.63) is 35.9 Å². The summed E-state index contributed by atoms with van der Waals surface area (Å²) in [6, 6.07) is 9.51. The van der Waals surface area contributed by atoms with E-state index in [0.29, 0.717) is 19.5 Å². The summed E-state index contributed by atoms with van der Waals surface area (Å²) in [6.45, 7) is 1.25. The maximum atomic E-state index is 12.2. The monoisotopic (exact) mass is 416 g/mol. The lowest BCUT2D eigenvalue weighted by atomic mass is 10.0. The van der Waals surface area contributed by atoms with Crippen molar-refractivity contribution in [1.82, 2.24) is 10.2 Å². The summed E-state index contributed by atoms with van der Waals surface area (Å²) in [4.78, 5) is 25.2. The molecule has 22 heavy (non-hydrogen) atoms. The zero-order valence-corrected chi connectivity index (χ0v) is 14.1. The fraction of sp³-hybridized carbons (Fsp3) is 0.467. The molecule has 0 aliphatic carbocycles. The van der Waals surface area contributed by atoms with Crippen molar-refractivity contribution in [2.24, 2.45) is 0 Å². The minimum atomic E-state index is -0.574. The van der Waals surface area contributed by atoms with Crippen molar-refractivity contribution in [2.45, 2.75) is 22.7 Å². The molecular weight excluding hydrogens is 399 g/mol. The average molecular weight is 416 g/mol. The molecule has 2 aliphatic rings. The molecule has 3 rings (SSSR count). The van der Waals surface area contributed by atoms with Crippen LogP contribution < -0.4 is 5.32 Å². The van der Waals surface area contributed by atoms with Crippen molar-refractivity contribution in [1.29, 1.82) is 0 Å². The molecule has 2 fully saturated rings. The normalized spacial score (nSPS) is 27.8. The first kappa shape index (κ1) is 15.5. The van der Waals surface area contributed by atoms with Gasteiger partial charge in [0.2, 0.25) is 5.91 Å². The van der Waals surface area contributed by atoms with E-state index in [1.54, 1.807) is 4.90 Å². The standard InChI is InChI=1S/C15H17IN2O4/c16-15-10-18(7-6-12(15)17-13(19)9-22-15)14(20)21-8-11-4-2-1-3-5-11/h1-5,12H,6-10H2,(H,17,19)/t12-,15-/m1/s1. The number of halogens is 1. The number of fused-ring (bicyclic) bond motifs is 1. The number of hydrogen-bond donors (Lipinski definition) is 1. The highest BCUT2D eigenvalue weighted by Gasteiger charge is 2.47. The van der Waals surface area contributed by atoms with Crippen LogP contribution in [0.5, 0.6) is 0 Å². The Morgan fingerprint density at radius 3 is 3.00 bits per heavy atom. The Bertz CT molecular complexity index is 568. The SMILES string of the molecule is O=C1CO[C@]2(I)CN(C(=O)OCc3ccccc3)CC[C@H]2N1. The number of amides is 2. The summed E-state index contributed by atoms with van der Waals surface area (Å²) in [5.74, 6) is -0.0996. The number of carbonyl (C=O) groups is 2. The van der Waals surface area contributed by atoms with Crippen molar-refractivity contribution in [3.63, 3.8) is 0 Å². The van der Waals surface area contributed by atoms with Crippen LogP contribution in [0.2, 0.25) is 0 Å². The topological polar surface area (TPSA) is 67.9 Å². The predicted molar refractivity (Wildman–Crippen MR) is 87.5 cm³/mol. The van der Waals surface area contributed by atoms with Crippen molar-refractivity contribution in [3.8, 4) is 0 Å². The lowest BCUT2D eigenvalue weighted by Crippen LogP contribution is -2.65. The second-order valence-corrected chi connectivity index (χ2v) is 7.27. The van der Waals surface area contributed by atoms with E-state index in [1.807, 2.05) is 30.3 Å². The van der Waals surface area contributed by atoms with Gasteiger partial charge in [-0.15, -0.1) is 0 Å². The Kier molecular flexibility index (Phi) is 4.53. The summed E-state index contributed by atoms with van der Waals surface area (Å²) >= 11 is 2.18. The third-order valence-corrected chi connectivity index (χ3v) is 5.26. The lowest BCUT2D eigenvalue weighted by molar-refractivity contribution is -0.142. The first-order valence-corrected chi connectivity index (χ1v) is 8.22. The highest BCUT2D eigenvalue weighted by molar-refractivity contribution is 14.1. The van der Waals surface area contributed by atoms with Crippen molar-refractivity contribution >= 4 is 34.6 Å². The molecule has 1 aromatic rings. The molecule has 118 valence electrons. The molecule has 2 aliphatic heterocycles. The first-order chi connectivity index (χ1) is 10.6. The van der Waals surface area contributed by atoms with Crippen LogP contribution in [0, 0.1) is 0 Å². The Labute approximate surface area is 142 Å². The number of hydrogen-bond acceptors (Lipinski definition) is 4. The van der Waals surface area contributed by atoms with Crippen LogP contribution in [-0.4, -0.2) is 46.2 Å². The van der Waals surface area contributed by atoms with Gasteiger partial charge in [-0.25, -0.2) is 4.79 Å². The molecule has 0 spiro atoms. The molecule has 0 aromatic heterocycles. The number of nitrogens with zero attached hydrogens (tertiary/aromatic N) is 1. The van der Waals surface area contributed by atoms with Gasteiger partial charge in [0.25, 0.3) is 0 Å². The third-order valence-electron chi connectivity index (χ3n) is 3.86. The second kappa shape index (κ2) is 6.41. The summed E-state index contributed by atoms with van der Waals surface area (Å²) in [6.07, 6.45) is 0.314. The number of piperidine rings is 1. The third kappa shape index (κ3) is 3.35. The van der Waals surface area contributed by atoms with E-state index in [0.717, 1.165) is 5.56 Å². The maximum Gasteiger partial charge on any atom is 0.410 e. The van der Waals surface area contributed by atoms with Crippen molar-refractivity contribution < 1.29 is 19.1 Å². The largest absolute Gasteiger partial charge is 0.445 e. The van der Waals surface area contributed by atoms with Crippen LogP contribution in [-0.2, 0) is 20.9 Å². The second-order valence-electron chi connectivity index (χ2n) is 5.45. The van der Waals surface area contributed by atoms with Gasteiger partial charge in [-0.05, 0) is 34.6 Å². The van der Waals surface area contributed by atoms with Crippen molar-refractivity contribution in [2.75, 3.05) is 19.7 Å². The van der Waals surface area contributed by atoms with E-state index in [-0.39, 0.29) is 31.3 Å². The van der Waals surface area contributed by atoms with Gasteiger partial charge < -0.3 is 19.7 Å². The van der Waals surface area contributed by atoms with E-state index >= 15 is 0 Å². The fourth-order valence-corrected chi connectivity index (χ4v) is 3.70. The molecule has 2 saturated heterocycles. The fourth-order valence-electron chi connectivity index (χ4n) is 2.66. The number of rotatable bonds is 2. The Morgan fingerprint density at radius 2 is 2.23 bits per heavy atom. The highest BCUT2D eigenvalue weighted by Crippen LogP contribution is 2.34. The molecule has 0 radical (unpaired) electrons. The van der Waals surface area contributed by atoms with Gasteiger partial charge in [0.15, 0.2) is 3.61 Å². The van der Waals surface area contributed by atoms with E-state index < -0.39 is 3.61 Å². The number of nitrogens with one attached hydrogen (secondary N) is 1. The Morgan fingerprint density at radius 1 is 1.45 bits per heavy atom. The number of ether oxygens (including phenoxy) is 2. The van der Waals surface area contributed by atoms with Gasteiger partial charge in [-0.3, -0.25) is 4.79 Å². The van der Waals surface area contributed by atoms with Gasteiger partial charge in [0, 0.05) is 6.54 Å². The molecular formula is C15H17IN2O4. The number of carbonyl (C=O) groups excluding carboxylic acids is 2. The lowest BCUT2D eigenvalue weighted by Gasteiger charge is -2.46. The molecule has 1 aromatic carbocycles. The minimum Gasteiger partial charge on any atom is -0.445 e. The van der Waals surface area contributed by atoms with E-state index in [9.17, 15) is 9.59 Å². The Hall–Kier alpha value is -1.35. The predicted octanol–water partition coefficient (Wildman–Crippen LogP) is 1.68. The molecule has 0 saturated carbocycles. The Balaban J connectivity index is 1.57. The highest BCUT2D eigenvalue weighted by atomic mass is 127. The quantitative estimate of drug-likeness (QED) is 0.589. The average Bonchev–Trinajstić information content (AvgIpc) is 2.53. The number of alkyl halides is 1. The van der Waals surface area contributed by atoms with E-state index in [1.165, 1.54) is 0 Å². The number of morpholine rings is 1. The molecule has 0 bridgehead atoms. The van der Waals surface area contributed by atoms with E-state index in [4.69, 9.17) is 9.47 Å². The van der Waals surface area contributed by atoms with Crippen LogP contribution in [0.4, 0.5) is 4.79 Å². The maximum absolute atomic E-state index is 12.2. The molecule has 2 amide bonds. The molecule has 2 heterocycles. The molecule has 1 N–H and O–H groups in total. The van der Waals surface area contributed by atoms with Gasteiger partial charge in [0.1, 0.15) is 13.2 Å². The zero-order valence-electron chi connectivity index (χ0n) is 12.0.